The lowest BCUT2D eigenvalue weighted by Gasteiger charge is -2.24. The fraction of sp³-hybridized carbons (Fsp3) is 0.464. The fourth-order valence-electron chi connectivity index (χ4n) is 4.55. The Hall–Kier alpha value is -3.85. The van der Waals surface area contributed by atoms with Crippen molar-refractivity contribution in [3.63, 3.8) is 0 Å². The molecule has 0 spiro atoms. The van der Waals surface area contributed by atoms with E-state index in [1.165, 1.54) is 18.3 Å². The number of fused-ring (bicyclic) bond motifs is 1. The van der Waals surface area contributed by atoms with Crippen molar-refractivity contribution >= 4 is 50.9 Å². The molecule has 1 aliphatic rings. The summed E-state index contributed by atoms with van der Waals surface area (Å²) in [7, 11) is 0. The van der Waals surface area contributed by atoms with Crippen LogP contribution in [0.3, 0.4) is 0 Å². The number of thiophene rings is 1. The van der Waals surface area contributed by atoms with Crippen LogP contribution in [0.4, 0.5) is 0 Å². The molecule has 2 aromatic rings. The number of aliphatic carboxylic acids is 1. The van der Waals surface area contributed by atoms with Crippen LogP contribution in [-0.2, 0) is 25.6 Å². The number of amides is 3. The molecule has 14 heteroatoms. The normalized spacial score (nSPS) is 17.5. The van der Waals surface area contributed by atoms with E-state index in [0.717, 1.165) is 15.0 Å². The summed E-state index contributed by atoms with van der Waals surface area (Å²) < 4.78 is 1.05. The van der Waals surface area contributed by atoms with Crippen LogP contribution in [0.1, 0.15) is 37.5 Å². The van der Waals surface area contributed by atoms with E-state index in [0.29, 0.717) is 25.0 Å². The molecule has 0 saturated heterocycles. The topological polar surface area (TPSA) is 233 Å². The molecule has 0 radical (unpaired) electrons. The van der Waals surface area contributed by atoms with Gasteiger partial charge in [-0.2, -0.15) is 0 Å². The van der Waals surface area contributed by atoms with E-state index >= 15 is 0 Å². The summed E-state index contributed by atoms with van der Waals surface area (Å²) >= 11 is 1.49. The zero-order chi connectivity index (χ0) is 30.8. The van der Waals surface area contributed by atoms with Gasteiger partial charge in [-0.25, -0.2) is 4.79 Å². The van der Waals surface area contributed by atoms with Crippen LogP contribution in [0.25, 0.3) is 10.1 Å². The maximum Gasteiger partial charge on any atom is 0.326 e. The Morgan fingerprint density at radius 1 is 1.12 bits per heavy atom. The van der Waals surface area contributed by atoms with Gasteiger partial charge < -0.3 is 42.9 Å². The lowest BCUT2D eigenvalue weighted by molar-refractivity contribution is -0.141. The molecular formula is C28H39N7O6S. The van der Waals surface area contributed by atoms with Gasteiger partial charge in [0.2, 0.25) is 17.7 Å². The zero-order valence-corrected chi connectivity index (χ0v) is 24.2. The largest absolute Gasteiger partial charge is 0.480 e. The number of carboxylic acid groups (broad SMARTS) is 1. The number of carbonyl (C=O) groups excluding carboxylic acids is 3. The third-order valence-corrected chi connectivity index (χ3v) is 8.05. The van der Waals surface area contributed by atoms with E-state index in [9.17, 15) is 29.4 Å². The molecule has 1 aliphatic heterocycles. The van der Waals surface area contributed by atoms with Crippen molar-refractivity contribution in [3.8, 4) is 0 Å². The molecule has 11 N–H and O–H groups in total. The molecule has 3 rings (SSSR count). The van der Waals surface area contributed by atoms with E-state index in [1.807, 2.05) is 30.3 Å². The third-order valence-electron chi connectivity index (χ3n) is 6.91. The molecule has 1 aromatic carbocycles. The van der Waals surface area contributed by atoms with Crippen LogP contribution in [0.5, 0.6) is 0 Å². The number of carboxylic acids is 1. The van der Waals surface area contributed by atoms with Gasteiger partial charge in [0, 0.05) is 35.5 Å². The highest BCUT2D eigenvalue weighted by Gasteiger charge is 2.30. The molecule has 2 heterocycles. The number of hydrogen-bond acceptors (Lipinski definition) is 9. The number of carbonyl (C=O) groups is 4. The molecule has 228 valence electrons. The van der Waals surface area contributed by atoms with Crippen LogP contribution < -0.4 is 32.7 Å². The summed E-state index contributed by atoms with van der Waals surface area (Å²) in [5.74, 6) is -2.82. The van der Waals surface area contributed by atoms with E-state index in [-0.39, 0.29) is 31.6 Å². The third kappa shape index (κ3) is 9.34. The second-order valence-corrected chi connectivity index (χ2v) is 11.4. The molecule has 5 unspecified atom stereocenters. The number of nitrogens with one attached hydrogen (secondary N) is 5. The van der Waals surface area contributed by atoms with Gasteiger partial charge in [-0.05, 0) is 49.3 Å². The Bertz CT molecular complexity index is 1290. The molecule has 0 fully saturated rings. The first-order valence-corrected chi connectivity index (χ1v) is 14.6. The molecule has 0 bridgehead atoms. The summed E-state index contributed by atoms with van der Waals surface area (Å²) in [4.78, 5) is 50.6. The number of aliphatic hydroxyl groups excluding tert-OH is 1. The minimum Gasteiger partial charge on any atom is -0.480 e. The molecule has 0 aliphatic carbocycles. The predicted octanol–water partition coefficient (Wildman–Crippen LogP) is -0.283. The molecule has 13 nitrogen and oxygen atoms in total. The van der Waals surface area contributed by atoms with Gasteiger partial charge in [0.05, 0.1) is 12.1 Å². The van der Waals surface area contributed by atoms with Crippen LogP contribution in [0.2, 0.25) is 0 Å². The van der Waals surface area contributed by atoms with Gasteiger partial charge >= 0.3 is 5.97 Å². The quantitative estimate of drug-likeness (QED) is 0.0532. The first-order valence-electron chi connectivity index (χ1n) is 13.7. The fourth-order valence-corrected chi connectivity index (χ4v) is 5.66. The highest BCUT2D eigenvalue weighted by molar-refractivity contribution is 7.19. The van der Waals surface area contributed by atoms with Gasteiger partial charge in [0.25, 0.3) is 0 Å². The van der Waals surface area contributed by atoms with Crippen molar-refractivity contribution in [3.05, 3.63) is 46.9 Å². The molecule has 42 heavy (non-hydrogen) atoms. The summed E-state index contributed by atoms with van der Waals surface area (Å²) in [6.07, 6.45) is 1.85. The van der Waals surface area contributed by atoms with Crippen molar-refractivity contribution in [1.29, 1.82) is 5.41 Å². The van der Waals surface area contributed by atoms with Crippen LogP contribution >= 0.6 is 11.3 Å². The highest BCUT2D eigenvalue weighted by Crippen LogP contribution is 2.26. The summed E-state index contributed by atoms with van der Waals surface area (Å²) in [5.41, 5.74) is 12.0. The monoisotopic (exact) mass is 601 g/mol. The number of unbranched alkanes of at least 4 members (excludes halogenated alkanes) is 1. The Morgan fingerprint density at radius 3 is 2.52 bits per heavy atom. The zero-order valence-electron chi connectivity index (χ0n) is 23.4. The molecule has 3 amide bonds. The van der Waals surface area contributed by atoms with Gasteiger partial charge in [0.15, 0.2) is 0 Å². The lowest BCUT2D eigenvalue weighted by Crippen LogP contribution is -2.55. The molecule has 5 atom stereocenters. The highest BCUT2D eigenvalue weighted by atomic mass is 32.1. The van der Waals surface area contributed by atoms with Crippen LogP contribution in [0, 0.1) is 5.41 Å². The van der Waals surface area contributed by atoms with E-state index in [1.54, 1.807) is 6.08 Å². The number of rotatable bonds is 16. The Kier molecular flexibility index (Phi) is 12.0. The average molecular weight is 602 g/mol. The van der Waals surface area contributed by atoms with Crippen LogP contribution in [-0.4, -0.2) is 83.1 Å². The van der Waals surface area contributed by atoms with Gasteiger partial charge in [-0.15, -0.1) is 11.3 Å². The minimum atomic E-state index is -1.23. The SMILES string of the molecule is CC(O)C(N)C(=O)NC(CC1=CCNC1C(=N)N)C(=O)NCCCCC(=O)NC(Cc1cc2ccccc2s1)C(=O)O. The van der Waals surface area contributed by atoms with Gasteiger partial charge in [0.1, 0.15) is 24.0 Å². The standard InChI is InChI=1S/C28H39N7O6S/c1-15(36)23(29)27(39)35-19(13-17-9-11-32-24(17)25(30)31)26(38)33-10-5-4-8-22(37)34-20(28(40)41)14-18-12-16-6-2-3-7-21(16)42-18/h2-3,6-7,9,12,15,19-20,23-24,32,36H,4-5,8,10-11,13-14,29H2,1H3,(H3,30,31)(H,33,38)(H,34,37)(H,35,39)(H,40,41). The summed E-state index contributed by atoms with van der Waals surface area (Å²) in [6, 6.07) is 5.82. The summed E-state index contributed by atoms with van der Waals surface area (Å²) in [5, 5.41) is 39.0. The van der Waals surface area contributed by atoms with E-state index in [4.69, 9.17) is 16.9 Å². The second kappa shape index (κ2) is 15.4. The maximum atomic E-state index is 13.0. The number of nitrogens with two attached hydrogens (primary N) is 2. The first-order chi connectivity index (χ1) is 20.0. The van der Waals surface area contributed by atoms with Crippen molar-refractivity contribution in [2.24, 2.45) is 11.5 Å². The lowest BCUT2D eigenvalue weighted by atomic mass is 9.99. The van der Waals surface area contributed by atoms with Gasteiger partial charge in [-0.1, -0.05) is 24.3 Å². The number of aliphatic hydroxyl groups is 1. The smallest absolute Gasteiger partial charge is 0.326 e. The Balaban J connectivity index is 1.47. The second-order valence-electron chi connectivity index (χ2n) is 10.3. The Morgan fingerprint density at radius 2 is 1.86 bits per heavy atom. The number of benzene rings is 1. The maximum absolute atomic E-state index is 13.0. The number of hydrogen-bond donors (Lipinski definition) is 9. The average Bonchev–Trinajstić information content (AvgIpc) is 3.57. The van der Waals surface area contributed by atoms with Gasteiger partial charge in [-0.3, -0.25) is 19.8 Å². The van der Waals surface area contributed by atoms with E-state index < -0.39 is 54.0 Å². The van der Waals surface area contributed by atoms with Crippen molar-refractivity contribution < 1.29 is 29.4 Å². The predicted molar refractivity (Wildman–Crippen MR) is 160 cm³/mol. The van der Waals surface area contributed by atoms with Crippen molar-refractivity contribution in [2.75, 3.05) is 13.1 Å². The Labute approximate surface area is 247 Å². The molecule has 1 aromatic heterocycles. The summed E-state index contributed by atoms with van der Waals surface area (Å²) in [6.45, 7) is 2.04. The molecular weight excluding hydrogens is 562 g/mol. The van der Waals surface area contributed by atoms with Crippen molar-refractivity contribution in [2.45, 2.75) is 69.3 Å². The first kappa shape index (κ1) is 32.7. The van der Waals surface area contributed by atoms with E-state index in [2.05, 4.69) is 21.3 Å². The molecule has 0 saturated carbocycles. The number of amidine groups is 1. The minimum absolute atomic E-state index is 0.0777. The van der Waals surface area contributed by atoms with Crippen molar-refractivity contribution in [1.82, 2.24) is 21.3 Å². The van der Waals surface area contributed by atoms with Crippen LogP contribution in [0.15, 0.2) is 42.0 Å².